The first-order chi connectivity index (χ1) is 8.24. The van der Waals surface area contributed by atoms with E-state index in [-0.39, 0.29) is 31.9 Å². The Balaban J connectivity index is -0.000000256. The summed E-state index contributed by atoms with van der Waals surface area (Å²) in [7, 11) is -7.39. The van der Waals surface area contributed by atoms with Gasteiger partial charge in [0.2, 0.25) is 0 Å². The van der Waals surface area contributed by atoms with Crippen LogP contribution in [0.15, 0.2) is 0 Å². The highest BCUT2D eigenvalue weighted by Gasteiger charge is 2.18. The van der Waals surface area contributed by atoms with E-state index in [0.717, 1.165) is 0 Å². The van der Waals surface area contributed by atoms with Crippen molar-refractivity contribution in [3.05, 3.63) is 0 Å². The number of hydrogen-bond acceptors (Lipinski definition) is 6. The second kappa shape index (κ2) is 13.2. The summed E-state index contributed by atoms with van der Waals surface area (Å²) < 4.78 is 38.5. The molecule has 0 heterocycles. The SMILES string of the molecule is CCOP(=O)(O)OCC.CCOP(=O)(O)OCC.O. The fraction of sp³-hybridized carbons (Fsp3) is 1.00. The molecule has 0 aliphatic carbocycles. The minimum atomic E-state index is -3.69. The lowest BCUT2D eigenvalue weighted by Gasteiger charge is -2.07. The predicted octanol–water partition coefficient (Wildman–Crippen LogP) is 1.49. The third-order valence-electron chi connectivity index (χ3n) is 1.17. The van der Waals surface area contributed by atoms with Crippen LogP contribution in [-0.2, 0) is 27.2 Å². The number of phosphoric acid groups is 2. The molecule has 0 spiro atoms. The molecular weight excluding hydrogens is 302 g/mol. The molecular formula is C8H24O9P2. The van der Waals surface area contributed by atoms with Gasteiger partial charge in [0.15, 0.2) is 0 Å². The first-order valence-electron chi connectivity index (χ1n) is 5.48. The average molecular weight is 326 g/mol. The quantitative estimate of drug-likeness (QED) is 0.639. The summed E-state index contributed by atoms with van der Waals surface area (Å²) in [5.41, 5.74) is 0. The van der Waals surface area contributed by atoms with E-state index in [1.807, 2.05) is 0 Å². The molecule has 0 radical (unpaired) electrons. The first kappa shape index (κ1) is 24.2. The lowest BCUT2D eigenvalue weighted by atomic mass is 10.9. The molecule has 9 nitrogen and oxygen atoms in total. The van der Waals surface area contributed by atoms with Crippen molar-refractivity contribution < 1.29 is 42.5 Å². The smallest absolute Gasteiger partial charge is 0.412 e. The van der Waals surface area contributed by atoms with E-state index >= 15 is 0 Å². The molecule has 0 bridgehead atoms. The molecule has 4 N–H and O–H groups in total. The van der Waals surface area contributed by atoms with E-state index < -0.39 is 15.6 Å². The maximum Gasteiger partial charge on any atom is 0.472 e. The molecule has 0 amide bonds. The minimum Gasteiger partial charge on any atom is -0.412 e. The second-order valence-corrected chi connectivity index (χ2v) is 5.52. The summed E-state index contributed by atoms with van der Waals surface area (Å²) in [6, 6.07) is 0. The normalized spacial score (nSPS) is 11.3. The van der Waals surface area contributed by atoms with E-state index in [2.05, 4.69) is 18.1 Å². The molecule has 19 heavy (non-hydrogen) atoms. The Kier molecular flexibility index (Phi) is 16.8. The summed E-state index contributed by atoms with van der Waals surface area (Å²) in [4.78, 5) is 17.3. The zero-order chi connectivity index (χ0) is 14.7. The molecule has 0 atom stereocenters. The van der Waals surface area contributed by atoms with Crippen LogP contribution in [0.3, 0.4) is 0 Å². The molecule has 0 aromatic rings. The van der Waals surface area contributed by atoms with Crippen LogP contribution >= 0.6 is 15.6 Å². The van der Waals surface area contributed by atoms with E-state index in [0.29, 0.717) is 0 Å². The fourth-order valence-corrected chi connectivity index (χ4v) is 2.18. The van der Waals surface area contributed by atoms with Crippen molar-refractivity contribution in [3.63, 3.8) is 0 Å². The summed E-state index contributed by atoms with van der Waals surface area (Å²) >= 11 is 0. The van der Waals surface area contributed by atoms with Crippen LogP contribution in [0.2, 0.25) is 0 Å². The second-order valence-electron chi connectivity index (χ2n) is 2.61. The number of rotatable bonds is 8. The molecule has 0 saturated carbocycles. The van der Waals surface area contributed by atoms with Crippen molar-refractivity contribution in [3.8, 4) is 0 Å². The standard InChI is InChI=1S/2C4H11O4P.H2O/c2*1-3-7-9(5,6)8-4-2;/h2*3-4H2,1-2H3,(H,5,6);1H2. The molecule has 0 aromatic carbocycles. The van der Waals surface area contributed by atoms with Crippen molar-refractivity contribution in [1.29, 1.82) is 0 Å². The van der Waals surface area contributed by atoms with Crippen LogP contribution in [0, 0.1) is 0 Å². The van der Waals surface area contributed by atoms with Crippen molar-refractivity contribution >= 4 is 15.6 Å². The van der Waals surface area contributed by atoms with Crippen molar-refractivity contribution in [2.45, 2.75) is 27.7 Å². The van der Waals surface area contributed by atoms with Crippen LogP contribution in [0.4, 0.5) is 0 Å². The average Bonchev–Trinajstić information content (AvgIpc) is 2.17. The van der Waals surface area contributed by atoms with Gasteiger partial charge < -0.3 is 15.3 Å². The van der Waals surface area contributed by atoms with Crippen LogP contribution in [0.25, 0.3) is 0 Å². The summed E-state index contributed by atoms with van der Waals surface area (Å²) in [5, 5.41) is 0. The van der Waals surface area contributed by atoms with Gasteiger partial charge in [0.1, 0.15) is 0 Å². The summed E-state index contributed by atoms with van der Waals surface area (Å²) in [5.74, 6) is 0. The largest absolute Gasteiger partial charge is 0.472 e. The predicted molar refractivity (Wildman–Crippen MR) is 69.8 cm³/mol. The van der Waals surface area contributed by atoms with Gasteiger partial charge in [-0.2, -0.15) is 0 Å². The monoisotopic (exact) mass is 326 g/mol. The van der Waals surface area contributed by atoms with Gasteiger partial charge in [0.05, 0.1) is 26.4 Å². The number of phosphoric ester groups is 2. The summed E-state index contributed by atoms with van der Waals surface area (Å²) in [6.07, 6.45) is 0. The Morgan fingerprint density at radius 1 is 0.684 bits per heavy atom. The summed E-state index contributed by atoms with van der Waals surface area (Å²) in [6.45, 7) is 7.26. The third kappa shape index (κ3) is 18.2. The topological polar surface area (TPSA) is 143 Å². The van der Waals surface area contributed by atoms with E-state index in [9.17, 15) is 9.13 Å². The van der Waals surface area contributed by atoms with Gasteiger partial charge in [0, 0.05) is 0 Å². The van der Waals surface area contributed by atoms with Gasteiger partial charge in [-0.05, 0) is 27.7 Å². The fourth-order valence-electron chi connectivity index (χ4n) is 0.727. The van der Waals surface area contributed by atoms with Crippen LogP contribution in [-0.4, -0.2) is 41.7 Å². The van der Waals surface area contributed by atoms with Crippen LogP contribution in [0.5, 0.6) is 0 Å². The van der Waals surface area contributed by atoms with E-state index in [1.54, 1.807) is 27.7 Å². The zero-order valence-electron chi connectivity index (χ0n) is 11.6. The highest BCUT2D eigenvalue weighted by atomic mass is 31.2. The van der Waals surface area contributed by atoms with E-state index in [1.165, 1.54) is 0 Å². The maximum absolute atomic E-state index is 10.5. The minimum absolute atomic E-state index is 0. The lowest BCUT2D eigenvalue weighted by Crippen LogP contribution is -1.93. The van der Waals surface area contributed by atoms with Crippen LogP contribution < -0.4 is 0 Å². The molecule has 11 heteroatoms. The molecule has 0 rings (SSSR count). The van der Waals surface area contributed by atoms with Crippen LogP contribution in [0.1, 0.15) is 27.7 Å². The molecule has 0 aliphatic rings. The highest BCUT2D eigenvalue weighted by Crippen LogP contribution is 2.42. The van der Waals surface area contributed by atoms with Gasteiger partial charge in [0.25, 0.3) is 0 Å². The third-order valence-corrected chi connectivity index (χ3v) is 3.51. The van der Waals surface area contributed by atoms with Crippen molar-refractivity contribution in [2.24, 2.45) is 0 Å². The Hall–Kier alpha value is 0.180. The van der Waals surface area contributed by atoms with Crippen molar-refractivity contribution in [1.82, 2.24) is 0 Å². The Labute approximate surface area is 113 Å². The van der Waals surface area contributed by atoms with Gasteiger partial charge in [-0.1, -0.05) is 0 Å². The maximum atomic E-state index is 10.5. The Morgan fingerprint density at radius 3 is 0.947 bits per heavy atom. The van der Waals surface area contributed by atoms with Gasteiger partial charge in [-0.15, -0.1) is 0 Å². The zero-order valence-corrected chi connectivity index (χ0v) is 13.4. The first-order valence-corrected chi connectivity index (χ1v) is 8.47. The van der Waals surface area contributed by atoms with Gasteiger partial charge in [-0.3, -0.25) is 18.1 Å². The molecule has 0 saturated heterocycles. The van der Waals surface area contributed by atoms with E-state index in [4.69, 9.17) is 9.79 Å². The van der Waals surface area contributed by atoms with Gasteiger partial charge >= 0.3 is 15.6 Å². The molecule has 0 aliphatic heterocycles. The molecule has 0 unspecified atom stereocenters. The molecule has 0 fully saturated rings. The van der Waals surface area contributed by atoms with Crippen molar-refractivity contribution in [2.75, 3.05) is 26.4 Å². The Bertz CT molecular complexity index is 235. The number of hydrogen-bond donors (Lipinski definition) is 2. The highest BCUT2D eigenvalue weighted by molar-refractivity contribution is 7.47. The Morgan fingerprint density at radius 2 is 0.842 bits per heavy atom. The van der Waals surface area contributed by atoms with Gasteiger partial charge in [-0.25, -0.2) is 9.13 Å². The lowest BCUT2D eigenvalue weighted by molar-refractivity contribution is 0.160. The molecule has 0 aromatic heterocycles. The molecule has 120 valence electrons.